The molecule has 0 bridgehead atoms. The number of nitrogens with one attached hydrogen (secondary N) is 2. The predicted molar refractivity (Wildman–Crippen MR) is 86.0 cm³/mol. The van der Waals surface area contributed by atoms with Crippen molar-refractivity contribution < 1.29 is 9.59 Å². The lowest BCUT2D eigenvalue weighted by Crippen LogP contribution is -2.35. The molecule has 0 fully saturated rings. The molecule has 0 radical (unpaired) electrons. The Labute approximate surface area is 133 Å². The van der Waals surface area contributed by atoms with Crippen molar-refractivity contribution in [1.82, 2.24) is 5.32 Å². The monoisotopic (exact) mass is 363 g/mol. The van der Waals surface area contributed by atoms with E-state index in [2.05, 4.69) is 26.6 Å². The lowest BCUT2D eigenvalue weighted by Gasteiger charge is -2.10. The number of amides is 2. The molecular formula is C13H19BrClN3O2. The Kier molecular flexibility index (Phi) is 8.45. The quantitative estimate of drug-likeness (QED) is 0.747. The largest absolute Gasteiger partial charge is 0.347 e. The highest BCUT2D eigenvalue weighted by Crippen LogP contribution is 2.19. The summed E-state index contributed by atoms with van der Waals surface area (Å²) in [4.78, 5) is 23.0. The zero-order valence-corrected chi connectivity index (χ0v) is 13.8. The maximum atomic E-state index is 11.7. The van der Waals surface area contributed by atoms with Gasteiger partial charge in [0, 0.05) is 22.6 Å². The number of rotatable bonds is 5. The number of nitrogens with two attached hydrogens (primary N) is 1. The van der Waals surface area contributed by atoms with E-state index in [1.807, 2.05) is 19.1 Å². The van der Waals surface area contributed by atoms with Gasteiger partial charge in [-0.2, -0.15) is 0 Å². The van der Waals surface area contributed by atoms with Crippen LogP contribution < -0.4 is 16.4 Å². The summed E-state index contributed by atoms with van der Waals surface area (Å²) in [6.07, 6.45) is 0.213. The van der Waals surface area contributed by atoms with Gasteiger partial charge < -0.3 is 16.4 Å². The summed E-state index contributed by atoms with van der Waals surface area (Å²) >= 11 is 3.35. The van der Waals surface area contributed by atoms with Gasteiger partial charge in [0.25, 0.3) is 0 Å². The number of hydrogen-bond donors (Lipinski definition) is 3. The van der Waals surface area contributed by atoms with Crippen molar-refractivity contribution in [2.24, 2.45) is 5.73 Å². The summed E-state index contributed by atoms with van der Waals surface area (Å²) in [6, 6.07) is 5.35. The van der Waals surface area contributed by atoms with Gasteiger partial charge in [0.05, 0.1) is 6.54 Å². The first-order valence-electron chi connectivity index (χ1n) is 5.96. The van der Waals surface area contributed by atoms with E-state index >= 15 is 0 Å². The van der Waals surface area contributed by atoms with Gasteiger partial charge >= 0.3 is 0 Å². The first-order chi connectivity index (χ1) is 8.88. The molecule has 0 aromatic heterocycles. The number of carbonyl (C=O) groups excluding carboxylic acids is 2. The molecule has 1 unspecified atom stereocenters. The van der Waals surface area contributed by atoms with E-state index in [9.17, 15) is 9.59 Å². The second-order valence-corrected chi connectivity index (χ2v) is 5.38. The normalized spacial score (nSPS) is 11.2. The number of benzene rings is 1. The van der Waals surface area contributed by atoms with Crippen LogP contribution in [0, 0.1) is 6.92 Å². The van der Waals surface area contributed by atoms with Crippen molar-refractivity contribution >= 4 is 45.8 Å². The third-order valence-electron chi connectivity index (χ3n) is 2.42. The van der Waals surface area contributed by atoms with Crippen LogP contribution >= 0.6 is 28.3 Å². The lowest BCUT2D eigenvalue weighted by molar-refractivity contribution is -0.124. The fourth-order valence-electron chi connectivity index (χ4n) is 1.51. The smallest absolute Gasteiger partial charge is 0.243 e. The maximum absolute atomic E-state index is 11.7. The standard InChI is InChI=1S/C13H18BrN3O2.ClH/c1-8-5-10(14)3-4-11(8)17-13(19)7-16-12(18)6-9(2)15;/h3-5,9H,6-7,15H2,1-2H3,(H,16,18)(H,17,19);1H. The number of aryl methyl sites for hydroxylation is 1. The summed E-state index contributed by atoms with van der Waals surface area (Å²) in [5.41, 5.74) is 7.17. The molecule has 0 spiro atoms. The van der Waals surface area contributed by atoms with Crippen LogP contribution in [0.25, 0.3) is 0 Å². The molecule has 0 heterocycles. The fourth-order valence-corrected chi connectivity index (χ4v) is 1.98. The van der Waals surface area contributed by atoms with Gasteiger partial charge in [-0.15, -0.1) is 12.4 Å². The summed E-state index contributed by atoms with van der Waals surface area (Å²) in [6.45, 7) is 3.58. The van der Waals surface area contributed by atoms with Crippen molar-refractivity contribution in [3.05, 3.63) is 28.2 Å². The molecule has 0 aliphatic carbocycles. The lowest BCUT2D eigenvalue weighted by atomic mass is 10.2. The van der Waals surface area contributed by atoms with Gasteiger partial charge in [-0.1, -0.05) is 15.9 Å². The zero-order chi connectivity index (χ0) is 14.4. The molecule has 0 saturated carbocycles. The van der Waals surface area contributed by atoms with Gasteiger partial charge in [-0.3, -0.25) is 9.59 Å². The van der Waals surface area contributed by atoms with Crippen LogP contribution in [0.15, 0.2) is 22.7 Å². The van der Waals surface area contributed by atoms with Gasteiger partial charge in [0.15, 0.2) is 0 Å². The third kappa shape index (κ3) is 6.88. The second kappa shape index (κ2) is 8.94. The Morgan fingerprint density at radius 2 is 2.00 bits per heavy atom. The van der Waals surface area contributed by atoms with Crippen LogP contribution in [0.2, 0.25) is 0 Å². The van der Waals surface area contributed by atoms with Crippen LogP contribution in [0.1, 0.15) is 18.9 Å². The molecule has 0 aliphatic rings. The first-order valence-corrected chi connectivity index (χ1v) is 6.76. The zero-order valence-electron chi connectivity index (χ0n) is 11.4. The second-order valence-electron chi connectivity index (χ2n) is 4.47. The molecule has 1 rings (SSSR count). The highest BCUT2D eigenvalue weighted by molar-refractivity contribution is 9.10. The Bertz CT molecular complexity index is 481. The Hall–Kier alpha value is -1.11. The third-order valence-corrected chi connectivity index (χ3v) is 2.91. The highest BCUT2D eigenvalue weighted by atomic mass is 79.9. The Balaban J connectivity index is 0.00000361. The molecule has 0 saturated heterocycles. The van der Waals surface area contributed by atoms with Crippen LogP contribution in [0.5, 0.6) is 0 Å². The van der Waals surface area contributed by atoms with Crippen LogP contribution in [0.4, 0.5) is 5.69 Å². The summed E-state index contributed by atoms with van der Waals surface area (Å²) < 4.78 is 0.952. The molecule has 7 heteroatoms. The van der Waals surface area contributed by atoms with E-state index in [1.165, 1.54) is 0 Å². The average Bonchev–Trinajstić information content (AvgIpc) is 2.29. The Morgan fingerprint density at radius 1 is 1.35 bits per heavy atom. The minimum atomic E-state index is -0.261. The van der Waals surface area contributed by atoms with Crippen LogP contribution in [-0.2, 0) is 9.59 Å². The van der Waals surface area contributed by atoms with E-state index in [0.29, 0.717) is 0 Å². The van der Waals surface area contributed by atoms with Crippen molar-refractivity contribution in [3.8, 4) is 0 Å². The van der Waals surface area contributed by atoms with Gasteiger partial charge in [0.2, 0.25) is 11.8 Å². The summed E-state index contributed by atoms with van der Waals surface area (Å²) in [7, 11) is 0. The molecule has 1 atom stereocenters. The van der Waals surface area contributed by atoms with E-state index in [4.69, 9.17) is 5.73 Å². The minimum Gasteiger partial charge on any atom is -0.347 e. The molecule has 112 valence electrons. The van der Waals surface area contributed by atoms with E-state index in [-0.39, 0.29) is 43.2 Å². The summed E-state index contributed by atoms with van der Waals surface area (Å²) in [5.74, 6) is -0.485. The van der Waals surface area contributed by atoms with Crippen molar-refractivity contribution in [1.29, 1.82) is 0 Å². The highest BCUT2D eigenvalue weighted by Gasteiger charge is 2.08. The molecule has 0 aliphatic heterocycles. The van der Waals surface area contributed by atoms with Crippen molar-refractivity contribution in [2.75, 3.05) is 11.9 Å². The molecule has 4 N–H and O–H groups in total. The first kappa shape index (κ1) is 18.9. The fraction of sp³-hybridized carbons (Fsp3) is 0.385. The summed E-state index contributed by atoms with van der Waals surface area (Å²) in [5, 5.41) is 5.26. The number of carbonyl (C=O) groups is 2. The molecule has 20 heavy (non-hydrogen) atoms. The van der Waals surface area contributed by atoms with Crippen molar-refractivity contribution in [3.63, 3.8) is 0 Å². The minimum absolute atomic E-state index is 0. The van der Waals surface area contributed by atoms with E-state index in [0.717, 1.165) is 15.7 Å². The number of halogens is 2. The van der Waals surface area contributed by atoms with E-state index in [1.54, 1.807) is 13.0 Å². The number of anilines is 1. The Morgan fingerprint density at radius 3 is 2.55 bits per heavy atom. The molecule has 1 aromatic carbocycles. The van der Waals surface area contributed by atoms with Crippen molar-refractivity contribution in [2.45, 2.75) is 26.3 Å². The molecular weight excluding hydrogens is 346 g/mol. The molecule has 2 amide bonds. The average molecular weight is 365 g/mol. The van der Waals surface area contributed by atoms with Crippen LogP contribution in [0.3, 0.4) is 0 Å². The van der Waals surface area contributed by atoms with Gasteiger partial charge in [-0.05, 0) is 37.6 Å². The SMILES string of the molecule is Cc1cc(Br)ccc1NC(=O)CNC(=O)CC(C)N.Cl. The maximum Gasteiger partial charge on any atom is 0.243 e. The van der Waals surface area contributed by atoms with E-state index < -0.39 is 0 Å². The topological polar surface area (TPSA) is 84.2 Å². The number of hydrogen-bond acceptors (Lipinski definition) is 3. The molecule has 1 aromatic rings. The molecule has 5 nitrogen and oxygen atoms in total. The van der Waals surface area contributed by atoms with Gasteiger partial charge in [-0.25, -0.2) is 0 Å². The van der Waals surface area contributed by atoms with Gasteiger partial charge in [0.1, 0.15) is 0 Å². The van der Waals surface area contributed by atoms with Crippen LogP contribution in [-0.4, -0.2) is 24.4 Å². The predicted octanol–water partition coefficient (Wildman–Crippen LogP) is 1.97.